The first-order valence-corrected chi connectivity index (χ1v) is 23.6. The highest BCUT2D eigenvalue weighted by atomic mass is 35.5. The third-order valence-electron chi connectivity index (χ3n) is 13.0. The minimum absolute atomic E-state index is 0.0440. The number of benzene rings is 2. The Labute approximate surface area is 371 Å². The largest absolute Gasteiger partial charge is 0.481 e. The number of unbranched alkanes of at least 4 members (excludes halogenated alkanes) is 2. The van der Waals surface area contributed by atoms with Crippen LogP contribution in [0.15, 0.2) is 53.4 Å². The molecule has 342 valence electrons. The molecule has 4 aliphatic rings. The van der Waals surface area contributed by atoms with Gasteiger partial charge in [0.15, 0.2) is 0 Å². The lowest BCUT2D eigenvalue weighted by Crippen LogP contribution is -2.65. The standard InChI is InChI=1S/C43H65BClN7O9S/c1-25(38(54)50-33(11-7-9-21-46)39(55)49-27(3)44-60-36-24-30-23-35(42(30,4)5)43(36,6)61-44)48-41(57)37(26(2)53)51-40(56)34(12-8-10-22-47)52-62(58,59)32-19-15-29(16-20-32)28-13-17-31(45)18-14-28/h13-20,25-27,30,33-37,52-53H,7-12,21-24,46-47H2,1-6H3,(H,48,57)(H,49,55)(H,50,54)(H,51,56)/t25-,26+,27-,30-,33-,34-,35-,36+,37-,43-/m0/s1. The highest BCUT2D eigenvalue weighted by Crippen LogP contribution is 2.65. The quantitative estimate of drug-likeness (QED) is 0.0630. The predicted octanol–water partition coefficient (Wildman–Crippen LogP) is 2.54. The lowest BCUT2D eigenvalue weighted by Gasteiger charge is -2.64. The third kappa shape index (κ3) is 11.5. The van der Waals surface area contributed by atoms with Crippen molar-refractivity contribution in [3.8, 4) is 11.1 Å². The predicted molar refractivity (Wildman–Crippen MR) is 238 cm³/mol. The van der Waals surface area contributed by atoms with Gasteiger partial charge in [-0.25, -0.2) is 8.42 Å². The van der Waals surface area contributed by atoms with Crippen molar-refractivity contribution in [1.82, 2.24) is 26.0 Å². The van der Waals surface area contributed by atoms with Gasteiger partial charge in [0.1, 0.15) is 24.2 Å². The van der Waals surface area contributed by atoms with Gasteiger partial charge in [-0.15, -0.1) is 0 Å². The summed E-state index contributed by atoms with van der Waals surface area (Å²) in [5.74, 6) is -2.52. The van der Waals surface area contributed by atoms with E-state index in [9.17, 15) is 32.7 Å². The molecular weight excluding hydrogens is 837 g/mol. The summed E-state index contributed by atoms with van der Waals surface area (Å²) in [5.41, 5.74) is 12.7. The molecule has 2 aromatic rings. The molecule has 10 atom stereocenters. The summed E-state index contributed by atoms with van der Waals surface area (Å²) in [6, 6.07) is 8.06. The molecule has 4 amide bonds. The Morgan fingerprint density at radius 1 is 0.790 bits per heavy atom. The first-order chi connectivity index (χ1) is 29.2. The second-order valence-corrected chi connectivity index (χ2v) is 20.1. The number of rotatable bonds is 22. The molecule has 2 aromatic carbocycles. The zero-order chi connectivity index (χ0) is 45.6. The molecule has 6 rings (SSSR count). The minimum atomic E-state index is -4.24. The molecule has 0 unspecified atom stereocenters. The molecule has 10 N–H and O–H groups in total. The molecule has 1 heterocycles. The van der Waals surface area contributed by atoms with Gasteiger partial charge in [0, 0.05) is 5.02 Å². The Kier molecular flexibility index (Phi) is 16.7. The first kappa shape index (κ1) is 49.4. The molecule has 2 bridgehead atoms. The summed E-state index contributed by atoms with van der Waals surface area (Å²) in [6.45, 7) is 11.8. The molecule has 3 saturated carbocycles. The lowest BCUT2D eigenvalue weighted by molar-refractivity contribution is -0.199. The lowest BCUT2D eigenvalue weighted by atomic mass is 9.43. The third-order valence-corrected chi connectivity index (χ3v) is 14.8. The fraction of sp³-hybridized carbons (Fsp3) is 0.628. The topological polar surface area (TPSA) is 253 Å². The Morgan fingerprint density at radius 2 is 1.35 bits per heavy atom. The van der Waals surface area contributed by atoms with E-state index in [1.807, 2.05) is 0 Å². The van der Waals surface area contributed by atoms with Gasteiger partial charge in [-0.1, -0.05) is 56.1 Å². The van der Waals surface area contributed by atoms with Gasteiger partial charge in [0.2, 0.25) is 33.7 Å². The summed E-state index contributed by atoms with van der Waals surface area (Å²) in [5, 5.41) is 21.9. The maximum absolute atomic E-state index is 13.7. The van der Waals surface area contributed by atoms with Crippen molar-refractivity contribution in [2.24, 2.45) is 28.7 Å². The number of hydrogen-bond donors (Lipinski definition) is 8. The van der Waals surface area contributed by atoms with Crippen LogP contribution in [0.2, 0.25) is 5.02 Å². The molecule has 0 radical (unpaired) electrons. The maximum Gasteiger partial charge on any atom is 0.481 e. The van der Waals surface area contributed by atoms with E-state index in [1.54, 1.807) is 43.3 Å². The van der Waals surface area contributed by atoms with Crippen LogP contribution < -0.4 is 37.5 Å². The number of sulfonamides is 1. The number of halogens is 1. The molecule has 4 fully saturated rings. The van der Waals surface area contributed by atoms with E-state index in [1.165, 1.54) is 26.0 Å². The van der Waals surface area contributed by atoms with Gasteiger partial charge in [-0.2, -0.15) is 4.72 Å². The van der Waals surface area contributed by atoms with Crippen molar-refractivity contribution >= 4 is 52.4 Å². The fourth-order valence-corrected chi connectivity index (χ4v) is 10.4. The number of nitrogens with two attached hydrogens (primary N) is 2. The van der Waals surface area contributed by atoms with Gasteiger partial charge in [0.05, 0.1) is 28.6 Å². The summed E-state index contributed by atoms with van der Waals surface area (Å²) < 4.78 is 42.4. The molecule has 19 heteroatoms. The van der Waals surface area contributed by atoms with E-state index in [4.69, 9.17) is 32.4 Å². The van der Waals surface area contributed by atoms with Crippen LogP contribution in [-0.4, -0.2) is 105 Å². The van der Waals surface area contributed by atoms with Crippen LogP contribution in [0, 0.1) is 17.3 Å². The Hall–Kier alpha value is -3.62. The van der Waals surface area contributed by atoms with E-state index in [2.05, 4.69) is 46.8 Å². The molecule has 3 aliphatic carbocycles. The summed E-state index contributed by atoms with van der Waals surface area (Å²) in [7, 11) is -4.91. The number of nitrogens with one attached hydrogen (secondary N) is 5. The second-order valence-electron chi connectivity index (χ2n) is 17.9. The number of carbonyl (C=O) groups excluding carboxylic acids is 4. The van der Waals surface area contributed by atoms with Crippen molar-refractivity contribution < 1.29 is 42.0 Å². The molecule has 1 aliphatic heterocycles. The summed E-state index contributed by atoms with van der Waals surface area (Å²) >= 11 is 6.00. The Balaban J connectivity index is 1.19. The SMILES string of the molecule is C[C@H](NC(=O)[C@H](CCCCN)NC(=O)[C@H](C)NC(=O)[C@@H](NC(=O)[C@H](CCCCN)NS(=O)(=O)c1ccc(-c2ccc(Cl)cc2)cc1)[C@@H](C)O)B1O[C@@H]2C[C@@H]3C[C@@H](C3(C)C)[C@]2(C)O1. The summed E-state index contributed by atoms with van der Waals surface area (Å²) in [6.07, 6.45) is 2.82. The molecule has 62 heavy (non-hydrogen) atoms. The van der Waals surface area contributed by atoms with Crippen LogP contribution in [0.25, 0.3) is 11.1 Å². The summed E-state index contributed by atoms with van der Waals surface area (Å²) in [4.78, 5) is 54.4. The van der Waals surface area contributed by atoms with Crippen LogP contribution in [0.1, 0.15) is 92.9 Å². The average molecular weight is 902 g/mol. The highest BCUT2D eigenvalue weighted by Gasteiger charge is 2.68. The zero-order valence-corrected chi connectivity index (χ0v) is 38.2. The van der Waals surface area contributed by atoms with Crippen molar-refractivity contribution in [3.05, 3.63) is 53.6 Å². The second kappa shape index (κ2) is 20.9. The molecule has 0 spiro atoms. The molecule has 0 aromatic heterocycles. The number of aliphatic hydroxyl groups excluding tert-OH is 1. The fourth-order valence-electron chi connectivity index (χ4n) is 9.05. The van der Waals surface area contributed by atoms with E-state index in [-0.39, 0.29) is 29.3 Å². The van der Waals surface area contributed by atoms with E-state index >= 15 is 0 Å². The normalized spacial score (nSPS) is 24.3. The van der Waals surface area contributed by atoms with Gasteiger partial charge in [-0.3, -0.25) is 19.2 Å². The van der Waals surface area contributed by atoms with Gasteiger partial charge in [-0.05, 0) is 138 Å². The maximum atomic E-state index is 13.7. The van der Waals surface area contributed by atoms with Gasteiger partial charge in [0.25, 0.3) is 0 Å². The number of aliphatic hydroxyl groups is 1. The molecule has 16 nitrogen and oxygen atoms in total. The number of hydrogen-bond acceptors (Lipinski definition) is 11. The van der Waals surface area contributed by atoms with Gasteiger partial charge >= 0.3 is 7.12 Å². The average Bonchev–Trinajstić information content (AvgIpc) is 3.59. The monoisotopic (exact) mass is 901 g/mol. The first-order valence-electron chi connectivity index (χ1n) is 21.7. The van der Waals surface area contributed by atoms with Crippen LogP contribution in [-0.2, 0) is 38.5 Å². The smallest absolute Gasteiger partial charge is 0.404 e. The van der Waals surface area contributed by atoms with E-state index < -0.39 is 82.6 Å². The molecular formula is C43H65BClN7O9S. The van der Waals surface area contributed by atoms with Crippen LogP contribution in [0.5, 0.6) is 0 Å². The van der Waals surface area contributed by atoms with Gasteiger partial charge < -0.3 is 47.1 Å². The van der Waals surface area contributed by atoms with Crippen molar-refractivity contribution in [3.63, 3.8) is 0 Å². The minimum Gasteiger partial charge on any atom is -0.404 e. The Bertz CT molecular complexity index is 1990. The van der Waals surface area contributed by atoms with Crippen LogP contribution in [0.3, 0.4) is 0 Å². The van der Waals surface area contributed by atoms with Crippen molar-refractivity contribution in [2.45, 2.75) is 146 Å². The molecule has 1 saturated heterocycles. The van der Waals surface area contributed by atoms with Crippen LogP contribution >= 0.6 is 11.6 Å². The highest BCUT2D eigenvalue weighted by molar-refractivity contribution is 7.89. The van der Waals surface area contributed by atoms with E-state index in [0.29, 0.717) is 55.6 Å². The van der Waals surface area contributed by atoms with Crippen molar-refractivity contribution in [1.29, 1.82) is 0 Å². The number of carbonyl (C=O) groups is 4. The Morgan fingerprint density at radius 3 is 1.92 bits per heavy atom. The van der Waals surface area contributed by atoms with Crippen molar-refractivity contribution in [2.75, 3.05) is 13.1 Å². The van der Waals surface area contributed by atoms with E-state index in [0.717, 1.165) is 24.0 Å². The van der Waals surface area contributed by atoms with Crippen LogP contribution in [0.4, 0.5) is 0 Å². The number of amides is 4. The zero-order valence-electron chi connectivity index (χ0n) is 36.6.